The van der Waals surface area contributed by atoms with Gasteiger partial charge in [0.15, 0.2) is 0 Å². The maximum absolute atomic E-state index is 10.2. The van der Waals surface area contributed by atoms with Gasteiger partial charge in [0.25, 0.3) is 0 Å². The standard InChI is InChI=1S/C14H15N.C10H12O4/c1-11-7-9-13(10-8-11)14(15)12-5-3-2-4-6-12;11-7-8-1-3-9(4-2-8)14-6-5-10(12)13/h2-10,14H,15H2,1H3;1-4,11H,5-7H2,(H,12,13). The van der Waals surface area contributed by atoms with Crippen molar-refractivity contribution in [3.63, 3.8) is 0 Å². The maximum Gasteiger partial charge on any atom is 0.306 e. The Morgan fingerprint density at radius 3 is 2.07 bits per heavy atom. The van der Waals surface area contributed by atoms with Crippen LogP contribution in [0.3, 0.4) is 0 Å². The molecule has 1 atom stereocenters. The smallest absolute Gasteiger partial charge is 0.306 e. The molecule has 152 valence electrons. The van der Waals surface area contributed by atoms with Gasteiger partial charge < -0.3 is 20.7 Å². The first-order valence-electron chi connectivity index (χ1n) is 9.41. The lowest BCUT2D eigenvalue weighted by Crippen LogP contribution is -2.11. The zero-order chi connectivity index (χ0) is 21.1. The maximum atomic E-state index is 10.2. The molecule has 0 bridgehead atoms. The number of nitrogens with two attached hydrogens (primary N) is 1. The Morgan fingerprint density at radius 2 is 1.52 bits per heavy atom. The number of aliphatic hydroxyl groups is 1. The summed E-state index contributed by atoms with van der Waals surface area (Å²) in [5, 5.41) is 17.1. The zero-order valence-electron chi connectivity index (χ0n) is 16.5. The average Bonchev–Trinajstić information content (AvgIpc) is 2.75. The monoisotopic (exact) mass is 393 g/mol. The summed E-state index contributed by atoms with van der Waals surface area (Å²) in [6.07, 6.45) is -0.0122. The van der Waals surface area contributed by atoms with Crippen LogP contribution in [0.1, 0.15) is 34.7 Å². The fraction of sp³-hybridized carbons (Fsp3) is 0.208. The van der Waals surface area contributed by atoms with Crippen molar-refractivity contribution in [1.82, 2.24) is 0 Å². The van der Waals surface area contributed by atoms with Gasteiger partial charge in [-0.3, -0.25) is 4.79 Å². The van der Waals surface area contributed by atoms with Gasteiger partial charge in [-0.1, -0.05) is 72.3 Å². The van der Waals surface area contributed by atoms with Crippen LogP contribution in [0.25, 0.3) is 0 Å². The largest absolute Gasteiger partial charge is 0.493 e. The number of aliphatic carboxylic acids is 1. The Labute approximate surface area is 171 Å². The van der Waals surface area contributed by atoms with Gasteiger partial charge in [0.2, 0.25) is 0 Å². The van der Waals surface area contributed by atoms with Gasteiger partial charge in [-0.15, -0.1) is 0 Å². The van der Waals surface area contributed by atoms with Crippen LogP contribution in [0.15, 0.2) is 78.9 Å². The molecule has 0 aliphatic rings. The van der Waals surface area contributed by atoms with Gasteiger partial charge in [0.05, 0.1) is 25.7 Å². The molecule has 0 radical (unpaired) electrons. The molecule has 1 unspecified atom stereocenters. The van der Waals surface area contributed by atoms with E-state index < -0.39 is 5.97 Å². The molecule has 4 N–H and O–H groups in total. The number of benzene rings is 3. The molecule has 0 heterocycles. The Bertz CT molecular complexity index is 862. The second-order valence-corrected chi connectivity index (χ2v) is 6.59. The number of carboxylic acid groups (broad SMARTS) is 1. The fourth-order valence-electron chi connectivity index (χ4n) is 2.57. The number of aryl methyl sites for hydroxylation is 1. The number of hydrogen-bond acceptors (Lipinski definition) is 4. The minimum Gasteiger partial charge on any atom is -0.493 e. The quantitative estimate of drug-likeness (QED) is 0.563. The summed E-state index contributed by atoms with van der Waals surface area (Å²) in [4.78, 5) is 10.2. The van der Waals surface area contributed by atoms with E-state index in [0.717, 1.165) is 16.7 Å². The van der Waals surface area contributed by atoms with E-state index in [1.54, 1.807) is 24.3 Å². The van der Waals surface area contributed by atoms with Crippen molar-refractivity contribution >= 4 is 5.97 Å². The van der Waals surface area contributed by atoms with Crippen molar-refractivity contribution in [2.45, 2.75) is 26.0 Å². The minimum absolute atomic E-state index is 0.00456. The Morgan fingerprint density at radius 1 is 0.931 bits per heavy atom. The molecule has 29 heavy (non-hydrogen) atoms. The summed E-state index contributed by atoms with van der Waals surface area (Å²) in [6, 6.07) is 25.4. The summed E-state index contributed by atoms with van der Waals surface area (Å²) in [5.74, 6) is -0.263. The van der Waals surface area contributed by atoms with Crippen molar-refractivity contribution in [2.24, 2.45) is 5.73 Å². The second-order valence-electron chi connectivity index (χ2n) is 6.59. The van der Waals surface area contributed by atoms with Crippen molar-refractivity contribution < 1.29 is 19.7 Å². The Hall–Kier alpha value is -3.15. The molecule has 0 spiro atoms. The van der Waals surface area contributed by atoms with Crippen molar-refractivity contribution in [1.29, 1.82) is 0 Å². The summed E-state index contributed by atoms with van der Waals surface area (Å²) in [7, 11) is 0. The number of rotatable bonds is 7. The van der Waals surface area contributed by atoms with Crippen LogP contribution in [0.5, 0.6) is 5.75 Å². The van der Waals surface area contributed by atoms with Crippen LogP contribution in [-0.2, 0) is 11.4 Å². The molecule has 5 heteroatoms. The molecule has 3 aromatic carbocycles. The van der Waals surface area contributed by atoms with Gasteiger partial charge in [-0.25, -0.2) is 0 Å². The predicted molar refractivity (Wildman–Crippen MR) is 114 cm³/mol. The molecule has 0 aliphatic carbocycles. The van der Waals surface area contributed by atoms with Crippen LogP contribution in [0.2, 0.25) is 0 Å². The molecule has 0 amide bonds. The van der Waals surface area contributed by atoms with E-state index in [1.807, 2.05) is 18.2 Å². The highest BCUT2D eigenvalue weighted by Crippen LogP contribution is 2.19. The molecule has 0 saturated heterocycles. The third-order valence-electron chi connectivity index (χ3n) is 4.29. The number of aliphatic hydroxyl groups excluding tert-OH is 1. The van der Waals surface area contributed by atoms with E-state index in [-0.39, 0.29) is 25.7 Å². The van der Waals surface area contributed by atoms with Crippen LogP contribution in [0.4, 0.5) is 0 Å². The first-order valence-corrected chi connectivity index (χ1v) is 9.41. The van der Waals surface area contributed by atoms with Crippen LogP contribution in [0, 0.1) is 6.92 Å². The van der Waals surface area contributed by atoms with Gasteiger partial charge in [0, 0.05) is 0 Å². The van der Waals surface area contributed by atoms with E-state index >= 15 is 0 Å². The highest BCUT2D eigenvalue weighted by molar-refractivity contribution is 5.66. The molecule has 3 aromatic rings. The number of carboxylic acids is 1. The summed E-state index contributed by atoms with van der Waals surface area (Å²) in [5.41, 5.74) is 10.5. The first-order chi connectivity index (χ1) is 14.0. The zero-order valence-corrected chi connectivity index (χ0v) is 16.5. The molecule has 5 nitrogen and oxygen atoms in total. The summed E-state index contributed by atoms with van der Waals surface area (Å²) in [6.45, 7) is 2.24. The molecule has 3 rings (SSSR count). The van der Waals surface area contributed by atoms with E-state index in [4.69, 9.17) is 20.7 Å². The lowest BCUT2D eigenvalue weighted by Gasteiger charge is -2.12. The van der Waals surface area contributed by atoms with Gasteiger partial charge in [-0.2, -0.15) is 0 Å². The normalized spacial score (nSPS) is 11.1. The molecular weight excluding hydrogens is 366 g/mol. The van der Waals surface area contributed by atoms with E-state index in [1.165, 1.54) is 5.56 Å². The fourth-order valence-corrected chi connectivity index (χ4v) is 2.57. The second kappa shape index (κ2) is 11.6. The lowest BCUT2D eigenvalue weighted by atomic mass is 9.99. The number of hydrogen-bond donors (Lipinski definition) is 3. The van der Waals surface area contributed by atoms with Gasteiger partial charge in [-0.05, 0) is 35.7 Å². The SMILES string of the molecule is Cc1ccc(C(N)c2ccccc2)cc1.O=C(O)CCOc1ccc(CO)cc1. The van der Waals surface area contributed by atoms with Crippen LogP contribution < -0.4 is 10.5 Å². The first kappa shape index (κ1) is 22.1. The highest BCUT2D eigenvalue weighted by Gasteiger charge is 2.07. The average molecular weight is 393 g/mol. The van der Waals surface area contributed by atoms with Crippen LogP contribution >= 0.6 is 0 Å². The Balaban J connectivity index is 0.000000208. The van der Waals surface area contributed by atoms with Gasteiger partial charge in [0.1, 0.15) is 5.75 Å². The summed E-state index contributed by atoms with van der Waals surface area (Å²) < 4.78 is 5.15. The van der Waals surface area contributed by atoms with Crippen LogP contribution in [-0.4, -0.2) is 22.8 Å². The van der Waals surface area contributed by atoms with Crippen molar-refractivity contribution in [3.8, 4) is 5.75 Å². The van der Waals surface area contributed by atoms with E-state index in [9.17, 15) is 4.79 Å². The van der Waals surface area contributed by atoms with Gasteiger partial charge >= 0.3 is 5.97 Å². The highest BCUT2D eigenvalue weighted by atomic mass is 16.5. The topological polar surface area (TPSA) is 92.8 Å². The van der Waals surface area contributed by atoms with Crippen molar-refractivity contribution in [2.75, 3.05) is 6.61 Å². The molecular formula is C24H27NO4. The molecule has 0 aromatic heterocycles. The molecule has 0 saturated carbocycles. The summed E-state index contributed by atoms with van der Waals surface area (Å²) >= 11 is 0. The number of ether oxygens (including phenoxy) is 1. The lowest BCUT2D eigenvalue weighted by molar-refractivity contribution is -0.137. The molecule has 0 aliphatic heterocycles. The third kappa shape index (κ3) is 7.78. The predicted octanol–water partition coefficient (Wildman–Crippen LogP) is 4.08. The third-order valence-corrected chi connectivity index (χ3v) is 4.29. The van der Waals surface area contributed by atoms with Crippen molar-refractivity contribution in [3.05, 3.63) is 101 Å². The van der Waals surface area contributed by atoms with E-state index in [0.29, 0.717) is 5.75 Å². The Kier molecular flexibility index (Phi) is 8.89. The minimum atomic E-state index is -0.878. The molecule has 0 fully saturated rings. The van der Waals surface area contributed by atoms with E-state index in [2.05, 4.69) is 43.3 Å². The number of carbonyl (C=O) groups is 1.